The van der Waals surface area contributed by atoms with Crippen LogP contribution in [0.15, 0.2) is 28.7 Å². The molecule has 0 saturated carbocycles. The van der Waals surface area contributed by atoms with Gasteiger partial charge in [-0.3, -0.25) is 4.79 Å². The SMILES string of the molecule is CC(C)CN1CC(C(=O)c2ccc(Br)cc2)C1. The fraction of sp³-hybridized carbons (Fsp3) is 0.500. The molecule has 1 saturated heterocycles. The van der Waals surface area contributed by atoms with Gasteiger partial charge in [0.1, 0.15) is 0 Å². The van der Waals surface area contributed by atoms with Gasteiger partial charge in [0, 0.05) is 35.6 Å². The molecule has 0 aliphatic carbocycles. The summed E-state index contributed by atoms with van der Waals surface area (Å²) in [7, 11) is 0. The van der Waals surface area contributed by atoms with E-state index in [1.165, 1.54) is 0 Å². The van der Waals surface area contributed by atoms with Crippen LogP contribution in [-0.2, 0) is 0 Å². The van der Waals surface area contributed by atoms with Gasteiger partial charge >= 0.3 is 0 Å². The van der Waals surface area contributed by atoms with Crippen molar-refractivity contribution in [3.63, 3.8) is 0 Å². The molecule has 3 heteroatoms. The monoisotopic (exact) mass is 295 g/mol. The Labute approximate surface area is 111 Å². The Hall–Kier alpha value is -0.670. The van der Waals surface area contributed by atoms with Gasteiger partial charge in [0.2, 0.25) is 0 Å². The number of hydrogen-bond acceptors (Lipinski definition) is 2. The predicted molar refractivity (Wildman–Crippen MR) is 73.2 cm³/mol. The van der Waals surface area contributed by atoms with Gasteiger partial charge in [0.05, 0.1) is 0 Å². The van der Waals surface area contributed by atoms with E-state index in [-0.39, 0.29) is 11.7 Å². The van der Waals surface area contributed by atoms with Crippen molar-refractivity contribution < 1.29 is 4.79 Å². The van der Waals surface area contributed by atoms with Crippen LogP contribution < -0.4 is 0 Å². The third-order valence-electron chi connectivity index (χ3n) is 3.08. The molecule has 0 aromatic heterocycles. The van der Waals surface area contributed by atoms with Crippen LogP contribution in [0.2, 0.25) is 0 Å². The molecule has 92 valence electrons. The summed E-state index contributed by atoms with van der Waals surface area (Å²) >= 11 is 3.38. The van der Waals surface area contributed by atoms with Crippen LogP contribution in [0, 0.1) is 11.8 Å². The minimum absolute atomic E-state index is 0.204. The van der Waals surface area contributed by atoms with E-state index in [0.717, 1.165) is 29.7 Å². The second-order valence-electron chi connectivity index (χ2n) is 5.18. The predicted octanol–water partition coefficient (Wildman–Crippen LogP) is 3.22. The zero-order valence-corrected chi connectivity index (χ0v) is 11.9. The molecule has 2 nitrogen and oxygen atoms in total. The Bertz CT molecular complexity index is 393. The van der Waals surface area contributed by atoms with Crippen LogP contribution in [0.1, 0.15) is 24.2 Å². The summed E-state index contributed by atoms with van der Waals surface area (Å²) in [6, 6.07) is 7.66. The fourth-order valence-corrected chi connectivity index (χ4v) is 2.52. The highest BCUT2D eigenvalue weighted by Crippen LogP contribution is 2.22. The fourth-order valence-electron chi connectivity index (χ4n) is 2.25. The summed E-state index contributed by atoms with van der Waals surface area (Å²) in [4.78, 5) is 14.5. The molecule has 1 heterocycles. The Kier molecular flexibility index (Phi) is 4.00. The molecule has 0 spiro atoms. The van der Waals surface area contributed by atoms with E-state index in [4.69, 9.17) is 0 Å². The van der Waals surface area contributed by atoms with Crippen molar-refractivity contribution in [2.45, 2.75) is 13.8 Å². The summed E-state index contributed by atoms with van der Waals surface area (Å²) in [5.41, 5.74) is 0.836. The molecule has 2 rings (SSSR count). The zero-order valence-electron chi connectivity index (χ0n) is 10.3. The average Bonchev–Trinajstić information content (AvgIpc) is 2.23. The Morgan fingerprint density at radius 3 is 2.47 bits per heavy atom. The molecular formula is C14H18BrNO. The minimum Gasteiger partial charge on any atom is -0.302 e. The molecule has 1 aromatic rings. The number of likely N-dealkylation sites (tertiary alicyclic amines) is 1. The van der Waals surface area contributed by atoms with E-state index in [1.807, 2.05) is 24.3 Å². The molecule has 1 fully saturated rings. The number of rotatable bonds is 4. The highest BCUT2D eigenvalue weighted by atomic mass is 79.9. The summed E-state index contributed by atoms with van der Waals surface area (Å²) in [5.74, 6) is 1.17. The highest BCUT2D eigenvalue weighted by Gasteiger charge is 2.32. The van der Waals surface area contributed by atoms with Crippen LogP contribution in [0.5, 0.6) is 0 Å². The topological polar surface area (TPSA) is 20.3 Å². The lowest BCUT2D eigenvalue weighted by Gasteiger charge is -2.39. The zero-order chi connectivity index (χ0) is 12.4. The van der Waals surface area contributed by atoms with Gasteiger partial charge in [-0.1, -0.05) is 41.9 Å². The van der Waals surface area contributed by atoms with Crippen molar-refractivity contribution in [2.75, 3.05) is 19.6 Å². The summed E-state index contributed by atoms with van der Waals surface area (Å²) < 4.78 is 1.02. The molecule has 0 N–H and O–H groups in total. The highest BCUT2D eigenvalue weighted by molar-refractivity contribution is 9.10. The summed E-state index contributed by atoms with van der Waals surface area (Å²) in [6.45, 7) is 7.37. The number of benzene rings is 1. The van der Waals surface area contributed by atoms with Crippen molar-refractivity contribution in [2.24, 2.45) is 11.8 Å². The number of halogens is 1. The van der Waals surface area contributed by atoms with Gasteiger partial charge in [0.25, 0.3) is 0 Å². The Balaban J connectivity index is 1.89. The van der Waals surface area contributed by atoms with Crippen LogP contribution in [-0.4, -0.2) is 30.3 Å². The molecule has 0 atom stereocenters. The molecule has 0 amide bonds. The van der Waals surface area contributed by atoms with Gasteiger partial charge < -0.3 is 4.90 Å². The number of carbonyl (C=O) groups excluding carboxylic acids is 1. The third kappa shape index (κ3) is 3.17. The number of Topliss-reactive ketones (excluding diaryl/α,β-unsaturated/α-hetero) is 1. The maximum absolute atomic E-state index is 12.1. The average molecular weight is 296 g/mol. The molecule has 1 aromatic carbocycles. The first kappa shape index (κ1) is 12.8. The van der Waals surface area contributed by atoms with Crippen LogP contribution in [0.3, 0.4) is 0 Å². The minimum atomic E-state index is 0.204. The molecule has 1 aliphatic rings. The number of ketones is 1. The third-order valence-corrected chi connectivity index (χ3v) is 3.61. The van der Waals surface area contributed by atoms with E-state index in [0.29, 0.717) is 5.92 Å². The van der Waals surface area contributed by atoms with E-state index >= 15 is 0 Å². The molecular weight excluding hydrogens is 278 g/mol. The van der Waals surface area contributed by atoms with Crippen molar-refractivity contribution in [3.8, 4) is 0 Å². The van der Waals surface area contributed by atoms with Gasteiger partial charge in [-0.2, -0.15) is 0 Å². The molecule has 17 heavy (non-hydrogen) atoms. The molecule has 0 radical (unpaired) electrons. The smallest absolute Gasteiger partial charge is 0.168 e. The first-order chi connectivity index (χ1) is 8.06. The van der Waals surface area contributed by atoms with Gasteiger partial charge in [-0.25, -0.2) is 0 Å². The van der Waals surface area contributed by atoms with Gasteiger partial charge in [0.15, 0.2) is 5.78 Å². The number of nitrogens with zero attached hydrogens (tertiary/aromatic N) is 1. The van der Waals surface area contributed by atoms with Crippen LogP contribution in [0.25, 0.3) is 0 Å². The molecule has 1 aliphatic heterocycles. The van der Waals surface area contributed by atoms with Crippen molar-refractivity contribution in [3.05, 3.63) is 34.3 Å². The van der Waals surface area contributed by atoms with E-state index in [9.17, 15) is 4.79 Å². The summed E-state index contributed by atoms with van der Waals surface area (Å²) in [6.07, 6.45) is 0. The van der Waals surface area contributed by atoms with Crippen molar-refractivity contribution in [1.29, 1.82) is 0 Å². The maximum Gasteiger partial charge on any atom is 0.168 e. The second kappa shape index (κ2) is 5.32. The Morgan fingerprint density at radius 1 is 1.35 bits per heavy atom. The van der Waals surface area contributed by atoms with Gasteiger partial charge in [-0.05, 0) is 18.1 Å². The molecule has 0 bridgehead atoms. The first-order valence-corrected chi connectivity index (χ1v) is 6.87. The quantitative estimate of drug-likeness (QED) is 0.795. The number of carbonyl (C=O) groups is 1. The first-order valence-electron chi connectivity index (χ1n) is 6.08. The van der Waals surface area contributed by atoms with Crippen LogP contribution >= 0.6 is 15.9 Å². The Morgan fingerprint density at radius 2 is 1.94 bits per heavy atom. The van der Waals surface area contributed by atoms with E-state index < -0.39 is 0 Å². The lowest BCUT2D eigenvalue weighted by atomic mass is 9.90. The standard InChI is InChI=1S/C14H18BrNO/c1-10(2)7-16-8-12(9-16)14(17)11-3-5-13(15)6-4-11/h3-6,10,12H,7-9H2,1-2H3. The maximum atomic E-state index is 12.1. The second-order valence-corrected chi connectivity index (χ2v) is 6.10. The largest absolute Gasteiger partial charge is 0.302 e. The lowest BCUT2D eigenvalue weighted by Crippen LogP contribution is -2.51. The van der Waals surface area contributed by atoms with Crippen molar-refractivity contribution in [1.82, 2.24) is 4.90 Å². The van der Waals surface area contributed by atoms with Crippen molar-refractivity contribution >= 4 is 21.7 Å². The summed E-state index contributed by atoms with van der Waals surface area (Å²) in [5, 5.41) is 0. The molecule has 0 unspecified atom stereocenters. The normalized spacial score (nSPS) is 17.2. The lowest BCUT2D eigenvalue weighted by molar-refractivity contribution is 0.0581. The number of hydrogen-bond donors (Lipinski definition) is 0. The van der Waals surface area contributed by atoms with E-state index in [2.05, 4.69) is 34.7 Å². The van der Waals surface area contributed by atoms with Crippen LogP contribution in [0.4, 0.5) is 0 Å². The van der Waals surface area contributed by atoms with Gasteiger partial charge in [-0.15, -0.1) is 0 Å². The van der Waals surface area contributed by atoms with E-state index in [1.54, 1.807) is 0 Å².